The first-order valence-corrected chi connectivity index (χ1v) is 10.9. The van der Waals surface area contributed by atoms with Gasteiger partial charge in [-0.1, -0.05) is 55.8 Å². The van der Waals surface area contributed by atoms with E-state index in [4.69, 9.17) is 4.42 Å². The van der Waals surface area contributed by atoms with Gasteiger partial charge in [-0.05, 0) is 43.3 Å². The van der Waals surface area contributed by atoms with Gasteiger partial charge in [-0.3, -0.25) is 9.89 Å². The van der Waals surface area contributed by atoms with Crippen molar-refractivity contribution in [3.05, 3.63) is 77.2 Å². The van der Waals surface area contributed by atoms with E-state index in [1.54, 1.807) is 13.3 Å². The first kappa shape index (κ1) is 22.6. The van der Waals surface area contributed by atoms with Crippen LogP contribution in [0.15, 0.2) is 64.2 Å². The number of aryl methyl sites for hydroxylation is 1. The monoisotopic (exact) mass is 419 g/mol. The third kappa shape index (κ3) is 6.69. The number of oxazole rings is 1. The molecule has 2 N–H and O–H groups in total. The minimum atomic E-state index is 0.539. The van der Waals surface area contributed by atoms with Gasteiger partial charge in [-0.15, -0.1) is 0 Å². The SMILES string of the molecule is CCN(CC)Cc1cccc(CNC(=NC)NCc2coc(-c3ccc(C)cc3)n2)c1. The van der Waals surface area contributed by atoms with Crippen LogP contribution in [0.3, 0.4) is 0 Å². The quantitative estimate of drug-likeness (QED) is 0.399. The smallest absolute Gasteiger partial charge is 0.226 e. The van der Waals surface area contributed by atoms with Crippen molar-refractivity contribution >= 4 is 5.96 Å². The van der Waals surface area contributed by atoms with E-state index in [2.05, 4.69) is 82.7 Å². The maximum atomic E-state index is 5.63. The van der Waals surface area contributed by atoms with Crippen LogP contribution in [0.25, 0.3) is 11.5 Å². The molecule has 3 aromatic rings. The van der Waals surface area contributed by atoms with Gasteiger partial charge >= 0.3 is 0 Å². The predicted molar refractivity (Wildman–Crippen MR) is 127 cm³/mol. The summed E-state index contributed by atoms with van der Waals surface area (Å²) >= 11 is 0. The predicted octanol–water partition coefficient (Wildman–Crippen LogP) is 4.36. The van der Waals surface area contributed by atoms with Crippen LogP contribution >= 0.6 is 0 Å². The van der Waals surface area contributed by atoms with Crippen LogP contribution in [0.4, 0.5) is 0 Å². The highest BCUT2D eigenvalue weighted by Crippen LogP contribution is 2.19. The number of aliphatic imine (C=N–C) groups is 1. The second-order valence-corrected chi connectivity index (χ2v) is 7.57. The van der Waals surface area contributed by atoms with E-state index >= 15 is 0 Å². The van der Waals surface area contributed by atoms with Crippen LogP contribution in [0, 0.1) is 6.92 Å². The highest BCUT2D eigenvalue weighted by atomic mass is 16.3. The molecule has 0 unspecified atom stereocenters. The largest absolute Gasteiger partial charge is 0.444 e. The maximum absolute atomic E-state index is 5.63. The molecule has 0 atom stereocenters. The van der Waals surface area contributed by atoms with Crippen molar-refractivity contribution in [2.24, 2.45) is 4.99 Å². The van der Waals surface area contributed by atoms with E-state index in [9.17, 15) is 0 Å². The average Bonchev–Trinajstić information content (AvgIpc) is 3.27. The number of aromatic nitrogens is 1. The Kier molecular flexibility index (Phi) is 8.24. The molecular formula is C25H33N5O. The molecule has 6 heteroatoms. The molecule has 6 nitrogen and oxygen atoms in total. The Morgan fingerprint density at radius 1 is 1.00 bits per heavy atom. The van der Waals surface area contributed by atoms with Gasteiger partial charge < -0.3 is 15.1 Å². The molecule has 0 aliphatic rings. The van der Waals surface area contributed by atoms with Gasteiger partial charge in [0, 0.05) is 25.7 Å². The van der Waals surface area contributed by atoms with Gasteiger partial charge in [0.15, 0.2) is 5.96 Å². The zero-order chi connectivity index (χ0) is 22.1. The molecular weight excluding hydrogens is 386 g/mol. The van der Waals surface area contributed by atoms with Gasteiger partial charge in [0.05, 0.1) is 12.2 Å². The molecule has 0 fully saturated rings. The van der Waals surface area contributed by atoms with E-state index in [1.807, 2.05) is 12.1 Å². The van der Waals surface area contributed by atoms with Crippen LogP contribution in [-0.4, -0.2) is 36.0 Å². The van der Waals surface area contributed by atoms with Crippen molar-refractivity contribution in [3.63, 3.8) is 0 Å². The van der Waals surface area contributed by atoms with Crippen molar-refractivity contribution in [3.8, 4) is 11.5 Å². The second-order valence-electron chi connectivity index (χ2n) is 7.57. The summed E-state index contributed by atoms with van der Waals surface area (Å²) in [5, 5.41) is 6.68. The lowest BCUT2D eigenvalue weighted by Crippen LogP contribution is -2.36. The summed E-state index contributed by atoms with van der Waals surface area (Å²) in [7, 11) is 1.77. The summed E-state index contributed by atoms with van der Waals surface area (Å²) in [6.45, 7) is 10.8. The lowest BCUT2D eigenvalue weighted by atomic mass is 10.1. The number of guanidine groups is 1. The fourth-order valence-electron chi connectivity index (χ4n) is 3.34. The van der Waals surface area contributed by atoms with Crippen LogP contribution in [0.1, 0.15) is 36.2 Å². The van der Waals surface area contributed by atoms with E-state index in [0.29, 0.717) is 19.0 Å². The molecule has 0 radical (unpaired) electrons. The number of hydrogen-bond donors (Lipinski definition) is 2. The van der Waals surface area contributed by atoms with Gasteiger partial charge in [0.25, 0.3) is 0 Å². The summed E-state index contributed by atoms with van der Waals surface area (Å²) in [5.74, 6) is 1.36. The third-order valence-electron chi connectivity index (χ3n) is 5.26. The minimum absolute atomic E-state index is 0.539. The van der Waals surface area contributed by atoms with Crippen molar-refractivity contribution in [2.45, 2.75) is 40.4 Å². The lowest BCUT2D eigenvalue weighted by Gasteiger charge is -2.18. The third-order valence-corrected chi connectivity index (χ3v) is 5.26. The molecule has 3 rings (SSSR count). The molecule has 1 aromatic heterocycles. The Morgan fingerprint density at radius 2 is 1.71 bits per heavy atom. The van der Waals surface area contributed by atoms with Gasteiger partial charge in [0.1, 0.15) is 6.26 Å². The van der Waals surface area contributed by atoms with E-state index in [1.165, 1.54) is 16.7 Å². The molecule has 164 valence electrons. The maximum Gasteiger partial charge on any atom is 0.226 e. The Morgan fingerprint density at radius 3 is 2.42 bits per heavy atom. The number of nitrogens with one attached hydrogen (secondary N) is 2. The van der Waals surface area contributed by atoms with Crippen molar-refractivity contribution in [1.29, 1.82) is 0 Å². The number of rotatable bonds is 9. The fraction of sp³-hybridized carbons (Fsp3) is 0.360. The number of hydrogen-bond acceptors (Lipinski definition) is 4. The lowest BCUT2D eigenvalue weighted by molar-refractivity contribution is 0.296. The minimum Gasteiger partial charge on any atom is -0.444 e. The van der Waals surface area contributed by atoms with E-state index in [-0.39, 0.29) is 0 Å². The molecule has 0 bridgehead atoms. The van der Waals surface area contributed by atoms with E-state index in [0.717, 1.165) is 36.9 Å². The molecule has 1 heterocycles. The van der Waals surface area contributed by atoms with Gasteiger partial charge in [-0.2, -0.15) is 0 Å². The molecule has 0 saturated heterocycles. The average molecular weight is 420 g/mol. The summed E-state index contributed by atoms with van der Waals surface area (Å²) in [6.07, 6.45) is 1.69. The normalized spacial score (nSPS) is 11.7. The highest BCUT2D eigenvalue weighted by molar-refractivity contribution is 5.79. The zero-order valence-corrected chi connectivity index (χ0v) is 19.0. The Bertz CT molecular complexity index is 974. The highest BCUT2D eigenvalue weighted by Gasteiger charge is 2.08. The van der Waals surface area contributed by atoms with Crippen molar-refractivity contribution < 1.29 is 4.42 Å². The molecule has 0 aliphatic heterocycles. The molecule has 0 spiro atoms. The Labute approximate surface area is 185 Å². The molecule has 2 aromatic carbocycles. The number of nitrogens with zero attached hydrogens (tertiary/aromatic N) is 3. The first-order valence-electron chi connectivity index (χ1n) is 10.9. The Balaban J connectivity index is 1.52. The first-order chi connectivity index (χ1) is 15.1. The molecule has 0 saturated carbocycles. The summed E-state index contributed by atoms with van der Waals surface area (Å²) in [5.41, 5.74) is 5.59. The molecule has 0 aliphatic carbocycles. The van der Waals surface area contributed by atoms with E-state index < -0.39 is 0 Å². The van der Waals surface area contributed by atoms with Gasteiger partial charge in [-0.25, -0.2) is 4.98 Å². The van der Waals surface area contributed by atoms with Crippen LogP contribution in [-0.2, 0) is 19.6 Å². The standard InChI is InChI=1S/C25H33N5O/c1-5-30(6-2)17-21-9-7-8-20(14-21)15-27-25(26-4)28-16-23-18-31-24(29-23)22-12-10-19(3)11-13-22/h7-14,18H,5-6,15-17H2,1-4H3,(H2,26,27,28). The van der Waals surface area contributed by atoms with Gasteiger partial charge in [0.2, 0.25) is 5.89 Å². The molecule has 31 heavy (non-hydrogen) atoms. The summed E-state index contributed by atoms with van der Waals surface area (Å²) in [6, 6.07) is 16.8. The Hall–Kier alpha value is -3.12. The number of benzene rings is 2. The van der Waals surface area contributed by atoms with Crippen molar-refractivity contribution in [1.82, 2.24) is 20.5 Å². The molecule has 0 amide bonds. The zero-order valence-electron chi connectivity index (χ0n) is 19.0. The van der Waals surface area contributed by atoms with Crippen molar-refractivity contribution in [2.75, 3.05) is 20.1 Å². The second kappa shape index (κ2) is 11.3. The topological polar surface area (TPSA) is 65.7 Å². The summed E-state index contributed by atoms with van der Waals surface area (Å²) < 4.78 is 5.63. The van der Waals surface area contributed by atoms with Crippen LogP contribution in [0.2, 0.25) is 0 Å². The van der Waals surface area contributed by atoms with Crippen LogP contribution < -0.4 is 10.6 Å². The van der Waals surface area contributed by atoms with Crippen LogP contribution in [0.5, 0.6) is 0 Å². The fourth-order valence-corrected chi connectivity index (χ4v) is 3.34. The summed E-state index contributed by atoms with van der Waals surface area (Å²) in [4.78, 5) is 11.3.